The summed E-state index contributed by atoms with van der Waals surface area (Å²) in [6.45, 7) is 3.23. The van der Waals surface area contributed by atoms with Crippen molar-refractivity contribution in [1.29, 1.82) is 0 Å². The molecule has 1 aromatic carbocycles. The van der Waals surface area contributed by atoms with Gasteiger partial charge in [-0.3, -0.25) is 4.79 Å². The molecule has 6 nitrogen and oxygen atoms in total. The summed E-state index contributed by atoms with van der Waals surface area (Å²) in [5.41, 5.74) is 1.49. The van der Waals surface area contributed by atoms with Crippen molar-refractivity contribution >= 4 is 28.3 Å². The lowest BCUT2D eigenvalue weighted by molar-refractivity contribution is -0.139. The number of hydrogen-bond donors (Lipinski definition) is 2. The number of aliphatic carboxylic acids is 1. The quantitative estimate of drug-likeness (QED) is 0.854. The van der Waals surface area contributed by atoms with E-state index in [0.29, 0.717) is 16.6 Å². The molecule has 1 aromatic heterocycles. The standard InChI is InChI=1S/C15H16N2O4S/c1-9(2)14(20)17-15-16-12(8-22-15)10-4-3-5-11(6-10)21-7-13(18)19/h3-6,8-9H,7H2,1-2H3,(H,18,19)(H,16,17,20). The lowest BCUT2D eigenvalue weighted by atomic mass is 10.2. The van der Waals surface area contributed by atoms with Crippen molar-refractivity contribution in [3.63, 3.8) is 0 Å². The van der Waals surface area contributed by atoms with Gasteiger partial charge in [-0.1, -0.05) is 26.0 Å². The Morgan fingerprint density at radius 3 is 2.86 bits per heavy atom. The van der Waals surface area contributed by atoms with Crippen LogP contribution in [0.4, 0.5) is 5.13 Å². The van der Waals surface area contributed by atoms with Gasteiger partial charge in [-0.25, -0.2) is 9.78 Å². The summed E-state index contributed by atoms with van der Waals surface area (Å²) < 4.78 is 5.14. The Bertz CT molecular complexity index is 682. The Labute approximate surface area is 131 Å². The monoisotopic (exact) mass is 320 g/mol. The fraction of sp³-hybridized carbons (Fsp3) is 0.267. The first-order valence-electron chi connectivity index (χ1n) is 6.67. The third-order valence-corrected chi connectivity index (χ3v) is 3.51. The Morgan fingerprint density at radius 2 is 2.18 bits per heavy atom. The number of ether oxygens (including phenoxy) is 1. The molecule has 2 rings (SSSR count). The first kappa shape index (κ1) is 16.0. The molecule has 0 aliphatic heterocycles. The fourth-order valence-electron chi connectivity index (χ4n) is 1.60. The summed E-state index contributed by atoms with van der Waals surface area (Å²) in [6.07, 6.45) is 0. The van der Waals surface area contributed by atoms with Gasteiger partial charge in [-0.2, -0.15) is 0 Å². The van der Waals surface area contributed by atoms with Crippen LogP contribution in [0.1, 0.15) is 13.8 Å². The maximum atomic E-state index is 11.6. The summed E-state index contributed by atoms with van der Waals surface area (Å²) in [5, 5.41) is 13.7. The molecule has 0 atom stereocenters. The van der Waals surface area contributed by atoms with E-state index in [1.165, 1.54) is 11.3 Å². The zero-order valence-electron chi connectivity index (χ0n) is 12.2. The van der Waals surface area contributed by atoms with Gasteiger partial charge in [0.25, 0.3) is 0 Å². The number of carbonyl (C=O) groups is 2. The van der Waals surface area contributed by atoms with Crippen LogP contribution in [-0.4, -0.2) is 28.6 Å². The predicted molar refractivity (Wildman–Crippen MR) is 84.1 cm³/mol. The van der Waals surface area contributed by atoms with Gasteiger partial charge in [-0.05, 0) is 12.1 Å². The van der Waals surface area contributed by atoms with Crippen LogP contribution in [0.3, 0.4) is 0 Å². The average molecular weight is 320 g/mol. The Balaban J connectivity index is 2.12. The Hall–Kier alpha value is -2.41. The van der Waals surface area contributed by atoms with Gasteiger partial charge < -0.3 is 15.2 Å². The van der Waals surface area contributed by atoms with E-state index < -0.39 is 12.6 Å². The number of carboxylic acid groups (broad SMARTS) is 1. The number of carbonyl (C=O) groups excluding carboxylic acids is 1. The third-order valence-electron chi connectivity index (χ3n) is 2.75. The summed E-state index contributed by atoms with van der Waals surface area (Å²) in [7, 11) is 0. The lowest BCUT2D eigenvalue weighted by Gasteiger charge is -2.05. The number of hydrogen-bond acceptors (Lipinski definition) is 5. The SMILES string of the molecule is CC(C)C(=O)Nc1nc(-c2cccc(OCC(=O)O)c2)cs1. The molecule has 0 radical (unpaired) electrons. The molecule has 0 unspecified atom stereocenters. The number of carboxylic acids is 1. The smallest absolute Gasteiger partial charge is 0.341 e. The van der Waals surface area contributed by atoms with Crippen molar-refractivity contribution in [2.75, 3.05) is 11.9 Å². The highest BCUT2D eigenvalue weighted by molar-refractivity contribution is 7.14. The zero-order valence-corrected chi connectivity index (χ0v) is 13.0. The second-order valence-corrected chi connectivity index (χ2v) is 5.75. The molecule has 0 aliphatic carbocycles. The van der Waals surface area contributed by atoms with E-state index in [9.17, 15) is 9.59 Å². The molecule has 0 saturated heterocycles. The number of thiazole rings is 1. The molecule has 0 bridgehead atoms. The van der Waals surface area contributed by atoms with E-state index in [0.717, 1.165) is 5.56 Å². The largest absolute Gasteiger partial charge is 0.482 e. The van der Waals surface area contributed by atoms with Crippen molar-refractivity contribution in [3.8, 4) is 17.0 Å². The second kappa shape index (κ2) is 7.04. The highest BCUT2D eigenvalue weighted by atomic mass is 32.1. The molecule has 1 heterocycles. The van der Waals surface area contributed by atoms with Crippen LogP contribution in [0.5, 0.6) is 5.75 Å². The molecule has 22 heavy (non-hydrogen) atoms. The van der Waals surface area contributed by atoms with Gasteiger partial charge in [0.15, 0.2) is 11.7 Å². The third kappa shape index (κ3) is 4.29. The van der Waals surface area contributed by atoms with Crippen molar-refractivity contribution in [2.45, 2.75) is 13.8 Å². The van der Waals surface area contributed by atoms with Crippen LogP contribution in [0.2, 0.25) is 0 Å². The number of anilines is 1. The second-order valence-electron chi connectivity index (χ2n) is 4.89. The van der Waals surface area contributed by atoms with Gasteiger partial charge >= 0.3 is 5.97 Å². The van der Waals surface area contributed by atoms with Crippen LogP contribution in [0, 0.1) is 5.92 Å². The van der Waals surface area contributed by atoms with Crippen molar-refractivity contribution in [2.24, 2.45) is 5.92 Å². The van der Waals surface area contributed by atoms with E-state index >= 15 is 0 Å². The first-order valence-corrected chi connectivity index (χ1v) is 7.55. The van der Waals surface area contributed by atoms with Crippen LogP contribution >= 0.6 is 11.3 Å². The molecule has 2 aromatic rings. The van der Waals surface area contributed by atoms with Crippen LogP contribution in [0.15, 0.2) is 29.6 Å². The van der Waals surface area contributed by atoms with Crippen molar-refractivity contribution in [1.82, 2.24) is 4.98 Å². The highest BCUT2D eigenvalue weighted by Gasteiger charge is 2.11. The van der Waals surface area contributed by atoms with Gasteiger partial charge in [0.2, 0.25) is 5.91 Å². The van der Waals surface area contributed by atoms with E-state index in [1.54, 1.807) is 18.2 Å². The molecule has 1 amide bonds. The zero-order chi connectivity index (χ0) is 16.1. The minimum absolute atomic E-state index is 0.0838. The fourth-order valence-corrected chi connectivity index (χ4v) is 2.33. The van der Waals surface area contributed by atoms with Gasteiger partial charge in [0, 0.05) is 16.9 Å². The number of nitrogens with zero attached hydrogens (tertiary/aromatic N) is 1. The molecule has 0 aliphatic rings. The highest BCUT2D eigenvalue weighted by Crippen LogP contribution is 2.27. The number of aromatic nitrogens is 1. The minimum Gasteiger partial charge on any atom is -0.482 e. The number of amides is 1. The molecule has 116 valence electrons. The maximum Gasteiger partial charge on any atom is 0.341 e. The van der Waals surface area contributed by atoms with Crippen molar-refractivity contribution in [3.05, 3.63) is 29.6 Å². The van der Waals surface area contributed by atoms with Crippen LogP contribution < -0.4 is 10.1 Å². The van der Waals surface area contributed by atoms with E-state index in [1.807, 2.05) is 25.3 Å². The van der Waals surface area contributed by atoms with Gasteiger partial charge in [0.1, 0.15) is 5.75 Å². The van der Waals surface area contributed by atoms with E-state index in [4.69, 9.17) is 9.84 Å². The van der Waals surface area contributed by atoms with Crippen LogP contribution in [-0.2, 0) is 9.59 Å². The maximum absolute atomic E-state index is 11.6. The molecule has 7 heteroatoms. The van der Waals surface area contributed by atoms with Gasteiger partial charge in [0.05, 0.1) is 5.69 Å². The Kier molecular flexibility index (Phi) is 5.11. The predicted octanol–water partition coefficient (Wildman–Crippen LogP) is 2.87. The summed E-state index contributed by atoms with van der Waals surface area (Å²) >= 11 is 1.34. The summed E-state index contributed by atoms with van der Waals surface area (Å²) in [4.78, 5) is 26.5. The molecule has 2 N–H and O–H groups in total. The Morgan fingerprint density at radius 1 is 1.41 bits per heavy atom. The lowest BCUT2D eigenvalue weighted by Crippen LogP contribution is -2.17. The summed E-state index contributed by atoms with van der Waals surface area (Å²) in [5.74, 6) is -0.766. The molecular weight excluding hydrogens is 304 g/mol. The number of benzene rings is 1. The topological polar surface area (TPSA) is 88.5 Å². The van der Waals surface area contributed by atoms with Crippen molar-refractivity contribution < 1.29 is 19.4 Å². The normalized spacial score (nSPS) is 10.5. The minimum atomic E-state index is -1.03. The van der Waals surface area contributed by atoms with E-state index in [-0.39, 0.29) is 11.8 Å². The average Bonchev–Trinajstić information content (AvgIpc) is 2.94. The molecule has 0 saturated carbocycles. The molecule has 0 fully saturated rings. The summed E-state index contributed by atoms with van der Waals surface area (Å²) in [6, 6.07) is 7.00. The first-order chi connectivity index (χ1) is 10.5. The van der Waals surface area contributed by atoms with Crippen LogP contribution in [0.25, 0.3) is 11.3 Å². The molecule has 0 spiro atoms. The van der Waals surface area contributed by atoms with E-state index in [2.05, 4.69) is 10.3 Å². The molecular formula is C15H16N2O4S. The number of nitrogens with one attached hydrogen (secondary N) is 1. The number of rotatable bonds is 6. The van der Waals surface area contributed by atoms with Gasteiger partial charge in [-0.15, -0.1) is 11.3 Å².